The molecule has 10 aliphatic rings. The van der Waals surface area contributed by atoms with E-state index in [0.29, 0.717) is 21.7 Å². The van der Waals surface area contributed by atoms with Crippen molar-refractivity contribution in [2.45, 2.75) is 200 Å². The predicted octanol–water partition coefficient (Wildman–Crippen LogP) is 14.2. The molecule has 0 saturated heterocycles. The highest BCUT2D eigenvalue weighted by Gasteiger charge is 2.67. The van der Waals surface area contributed by atoms with Crippen LogP contribution < -0.4 is 0 Å². The Bertz CT molecular complexity index is 984. The first-order valence-electron chi connectivity index (χ1n) is 19.7. The van der Waals surface area contributed by atoms with Gasteiger partial charge in [0, 0.05) is 0 Å². The summed E-state index contributed by atoms with van der Waals surface area (Å²) in [6.07, 6.45) is 25.9. The lowest BCUT2D eigenvalue weighted by Crippen LogP contribution is -2.56. The van der Waals surface area contributed by atoms with Gasteiger partial charge in [0.2, 0.25) is 0 Å². The second-order valence-electron chi connectivity index (χ2n) is 22.9. The molecule has 0 aromatic heterocycles. The minimum absolute atomic E-state index is 0. The van der Waals surface area contributed by atoms with Crippen LogP contribution in [0.4, 0.5) is 0 Å². The molecule has 10 bridgehead atoms. The fourth-order valence-corrected chi connectivity index (χ4v) is 16.4. The maximum atomic E-state index is 2.58. The maximum Gasteiger partial charge on any atom is -0.0235 e. The van der Waals surface area contributed by atoms with Crippen LogP contribution in [0.25, 0.3) is 0 Å². The molecule has 0 heterocycles. The third kappa shape index (κ3) is 6.17. The highest BCUT2D eigenvalue weighted by molar-refractivity contribution is 5.16. The maximum absolute atomic E-state index is 2.58. The van der Waals surface area contributed by atoms with Crippen LogP contribution in [0, 0.1) is 78.8 Å². The Hall–Kier alpha value is 0. The number of hydrogen-bond donors (Lipinski definition) is 0. The Morgan fingerprint density at radius 1 is 0.455 bits per heavy atom. The van der Waals surface area contributed by atoms with Gasteiger partial charge >= 0.3 is 0 Å². The van der Waals surface area contributed by atoms with Gasteiger partial charge in [-0.05, 0) is 182 Å². The van der Waals surface area contributed by atoms with Crippen LogP contribution in [0.3, 0.4) is 0 Å². The lowest BCUT2D eigenvalue weighted by molar-refractivity contribution is -0.162. The highest BCUT2D eigenvalue weighted by Crippen LogP contribution is 2.76. The fraction of sp³-hybridized carbons (Fsp3) is 1.00. The van der Waals surface area contributed by atoms with Crippen molar-refractivity contribution >= 4 is 0 Å². The molecular weight excluding hydrogens is 528 g/mol. The topological polar surface area (TPSA) is 0 Å². The summed E-state index contributed by atoms with van der Waals surface area (Å²) in [5, 5.41) is 0. The van der Waals surface area contributed by atoms with Crippen LogP contribution in [-0.4, -0.2) is 0 Å². The summed E-state index contributed by atoms with van der Waals surface area (Å²) in [5.74, 6) is 5.85. The quantitative estimate of drug-likeness (QED) is 0.299. The van der Waals surface area contributed by atoms with Crippen molar-refractivity contribution in [3.8, 4) is 0 Å². The normalized spacial score (nSPS) is 54.2. The summed E-state index contributed by atoms with van der Waals surface area (Å²) in [6, 6.07) is 0. The standard InChI is InChI=1S/C15H26.C14H24.C14H26.CH4/c1-11(2)15-7-12-5-13(3,9-15)8-14(4,6-12)10-15;1-10(2)14-8-12(3)5-11(14)6-13(4,7-12)9-14;1-11(2)12-8-13(3)6-5-7-14(4,9-12)10-13;/h11-12H,5-10H2,1-4H3;10-11H,5-9H2,1-4H3;11-12H,5-10H2,1-4H3;1H4. The molecule has 0 aliphatic heterocycles. The van der Waals surface area contributed by atoms with Crippen molar-refractivity contribution in [2.75, 3.05) is 0 Å². The van der Waals surface area contributed by atoms with Gasteiger partial charge in [0.1, 0.15) is 0 Å². The monoisotopic (exact) mass is 609 g/mol. The third-order valence-electron chi connectivity index (χ3n) is 16.6. The molecule has 10 fully saturated rings. The summed E-state index contributed by atoms with van der Waals surface area (Å²) in [6.45, 7) is 30.1. The number of hydrogen-bond acceptors (Lipinski definition) is 0. The molecule has 10 aliphatic carbocycles. The molecule has 0 aromatic rings. The molecule has 0 nitrogen and oxygen atoms in total. The van der Waals surface area contributed by atoms with E-state index in [0.717, 1.165) is 57.2 Å². The molecule has 10 saturated carbocycles. The van der Waals surface area contributed by atoms with E-state index in [2.05, 4.69) is 83.1 Å². The fourth-order valence-electron chi connectivity index (χ4n) is 16.4. The van der Waals surface area contributed by atoms with Crippen LogP contribution in [-0.2, 0) is 0 Å². The molecule has 0 amide bonds. The lowest BCUT2D eigenvalue weighted by atomic mass is 9.38. The van der Waals surface area contributed by atoms with Crippen molar-refractivity contribution in [1.82, 2.24) is 0 Å². The SMILES string of the molecule is C.CC(C)C12CC3(C)CC1CC(C)(C3)C2.CC(C)C12CC3CC(C)(CC(C)(C3)C1)C2.CC(C)C1CC2(C)CCCC(C)(C1)C2. The molecule has 0 spiro atoms. The second-order valence-corrected chi connectivity index (χ2v) is 22.9. The second kappa shape index (κ2) is 11.0. The van der Waals surface area contributed by atoms with Crippen LogP contribution in [0.1, 0.15) is 200 Å². The highest BCUT2D eigenvalue weighted by atomic mass is 14.7. The van der Waals surface area contributed by atoms with E-state index in [-0.39, 0.29) is 7.43 Å². The van der Waals surface area contributed by atoms with Crippen LogP contribution in [0.5, 0.6) is 0 Å². The van der Waals surface area contributed by atoms with Crippen molar-refractivity contribution in [3.63, 3.8) is 0 Å². The van der Waals surface area contributed by atoms with E-state index in [4.69, 9.17) is 0 Å². The minimum atomic E-state index is 0. The largest absolute Gasteiger partial charge is 0.0776 e. The minimum Gasteiger partial charge on any atom is -0.0776 e. The van der Waals surface area contributed by atoms with E-state index < -0.39 is 0 Å². The first-order chi connectivity index (χ1) is 19.7. The van der Waals surface area contributed by atoms with Crippen molar-refractivity contribution < 1.29 is 0 Å². The molecule has 0 aromatic carbocycles. The Morgan fingerprint density at radius 2 is 0.886 bits per heavy atom. The van der Waals surface area contributed by atoms with E-state index >= 15 is 0 Å². The summed E-state index contributed by atoms with van der Waals surface area (Å²) in [5.41, 5.74) is 5.72. The Balaban J connectivity index is 0.000000130. The van der Waals surface area contributed by atoms with Gasteiger partial charge in [-0.3, -0.25) is 0 Å². The first kappa shape index (κ1) is 35.3. The number of rotatable bonds is 3. The zero-order valence-electron chi connectivity index (χ0n) is 31.5. The van der Waals surface area contributed by atoms with Gasteiger partial charge < -0.3 is 0 Å². The van der Waals surface area contributed by atoms with Crippen molar-refractivity contribution in [2.24, 2.45) is 78.8 Å². The van der Waals surface area contributed by atoms with E-state index in [9.17, 15) is 0 Å². The third-order valence-corrected chi connectivity index (χ3v) is 16.6. The van der Waals surface area contributed by atoms with Crippen LogP contribution >= 0.6 is 0 Å². The zero-order chi connectivity index (χ0) is 31.5. The molecule has 44 heavy (non-hydrogen) atoms. The molecule has 6 unspecified atom stereocenters. The van der Waals surface area contributed by atoms with Crippen LogP contribution in [0.15, 0.2) is 0 Å². The predicted molar refractivity (Wildman–Crippen MR) is 194 cm³/mol. The summed E-state index contributed by atoms with van der Waals surface area (Å²) in [4.78, 5) is 0. The van der Waals surface area contributed by atoms with E-state index in [1.54, 1.807) is 19.3 Å². The Labute approximate surface area is 277 Å². The summed E-state index contributed by atoms with van der Waals surface area (Å²) < 4.78 is 0. The first-order valence-corrected chi connectivity index (χ1v) is 19.7. The Kier molecular flexibility index (Phi) is 8.84. The zero-order valence-corrected chi connectivity index (χ0v) is 31.5. The Morgan fingerprint density at radius 3 is 1.25 bits per heavy atom. The van der Waals surface area contributed by atoms with E-state index in [1.807, 2.05) is 0 Å². The average molecular weight is 609 g/mol. The van der Waals surface area contributed by atoms with Gasteiger partial charge in [-0.15, -0.1) is 0 Å². The number of fused-ring (bicyclic) bond motifs is 2. The van der Waals surface area contributed by atoms with E-state index in [1.165, 1.54) is 89.9 Å². The molecule has 0 radical (unpaired) electrons. The molecule has 0 heteroatoms. The van der Waals surface area contributed by atoms with Gasteiger partial charge in [0.25, 0.3) is 0 Å². The molecular formula is C44H80. The van der Waals surface area contributed by atoms with Gasteiger partial charge in [-0.2, -0.15) is 0 Å². The molecule has 10 rings (SSSR count). The molecule has 6 atom stereocenters. The van der Waals surface area contributed by atoms with Gasteiger partial charge in [-0.25, -0.2) is 0 Å². The van der Waals surface area contributed by atoms with Crippen LogP contribution in [0.2, 0.25) is 0 Å². The average Bonchev–Trinajstić information content (AvgIpc) is 3.14. The lowest BCUT2D eigenvalue weighted by Gasteiger charge is -2.67. The van der Waals surface area contributed by atoms with Gasteiger partial charge in [0.05, 0.1) is 0 Å². The molecule has 256 valence electrons. The smallest absolute Gasteiger partial charge is 0.0235 e. The van der Waals surface area contributed by atoms with Gasteiger partial charge in [0.15, 0.2) is 0 Å². The van der Waals surface area contributed by atoms with Gasteiger partial charge in [-0.1, -0.05) is 96.9 Å². The summed E-state index contributed by atoms with van der Waals surface area (Å²) in [7, 11) is 0. The van der Waals surface area contributed by atoms with Crippen molar-refractivity contribution in [1.29, 1.82) is 0 Å². The summed E-state index contributed by atoms with van der Waals surface area (Å²) >= 11 is 0. The molecule has 0 N–H and O–H groups in total. The van der Waals surface area contributed by atoms with Crippen molar-refractivity contribution in [3.05, 3.63) is 0 Å².